The van der Waals surface area contributed by atoms with Crippen LogP contribution >= 0.6 is 23.2 Å². The summed E-state index contributed by atoms with van der Waals surface area (Å²) < 4.78 is 25.4. The molecule has 1 aromatic heterocycles. The first-order chi connectivity index (χ1) is 15.0. The van der Waals surface area contributed by atoms with Gasteiger partial charge in [0.1, 0.15) is 11.2 Å². The Hall–Kier alpha value is -2.65. The van der Waals surface area contributed by atoms with E-state index < -0.39 is 29.6 Å². The number of hydrogen-bond donors (Lipinski definition) is 2. The smallest absolute Gasteiger partial charge is 0.266 e. The van der Waals surface area contributed by atoms with E-state index in [-0.39, 0.29) is 40.3 Å². The Kier molecular flexibility index (Phi) is 7.09. The summed E-state index contributed by atoms with van der Waals surface area (Å²) in [6.45, 7) is 3.23. The number of rotatable bonds is 6. The Morgan fingerprint density at radius 1 is 1.22 bits per heavy atom. The highest BCUT2D eigenvalue weighted by atomic mass is 35.5. The average Bonchev–Trinajstić information content (AvgIpc) is 2.73. The molecule has 1 aliphatic rings. The third-order valence-corrected chi connectivity index (χ3v) is 5.86. The lowest BCUT2D eigenvalue weighted by atomic mass is 9.89. The van der Waals surface area contributed by atoms with Crippen LogP contribution in [0.5, 0.6) is 0 Å². The van der Waals surface area contributed by atoms with Crippen LogP contribution in [-0.2, 0) is 26.3 Å². The summed E-state index contributed by atoms with van der Waals surface area (Å²) in [5, 5.41) is 5.51. The van der Waals surface area contributed by atoms with Crippen molar-refractivity contribution < 1.29 is 23.2 Å². The fourth-order valence-corrected chi connectivity index (χ4v) is 4.11. The lowest BCUT2D eigenvalue weighted by Crippen LogP contribution is -2.41. The van der Waals surface area contributed by atoms with E-state index in [9.17, 15) is 23.2 Å². The van der Waals surface area contributed by atoms with Crippen molar-refractivity contribution in [3.63, 3.8) is 0 Å². The van der Waals surface area contributed by atoms with E-state index in [1.165, 1.54) is 0 Å². The van der Waals surface area contributed by atoms with E-state index in [1.54, 1.807) is 26.0 Å². The summed E-state index contributed by atoms with van der Waals surface area (Å²) in [5.41, 5.74) is -0.485. The Labute approximate surface area is 192 Å². The van der Waals surface area contributed by atoms with Crippen LogP contribution in [0.3, 0.4) is 0 Å². The van der Waals surface area contributed by atoms with E-state index in [0.717, 1.165) is 12.4 Å². The van der Waals surface area contributed by atoms with Gasteiger partial charge in [-0.3, -0.25) is 19.7 Å². The van der Waals surface area contributed by atoms with Gasteiger partial charge in [0.2, 0.25) is 17.7 Å². The summed E-state index contributed by atoms with van der Waals surface area (Å²) in [7, 11) is 0. The Bertz CT molecular complexity index is 1040. The predicted octanol–water partition coefficient (Wildman–Crippen LogP) is 3.84. The second-order valence-electron chi connectivity index (χ2n) is 7.93. The third kappa shape index (κ3) is 5.05. The molecule has 0 radical (unpaired) electrons. The van der Waals surface area contributed by atoms with Crippen molar-refractivity contribution in [2.75, 3.05) is 0 Å². The van der Waals surface area contributed by atoms with Crippen LogP contribution in [-0.4, -0.2) is 27.7 Å². The maximum Gasteiger partial charge on any atom is 0.266 e. The van der Waals surface area contributed by atoms with Gasteiger partial charge in [-0.15, -0.1) is 0 Å². The Balaban J connectivity index is 1.71. The molecule has 3 rings (SSSR count). The van der Waals surface area contributed by atoms with Crippen molar-refractivity contribution in [3.8, 4) is 0 Å². The van der Waals surface area contributed by atoms with Crippen LogP contribution in [0.1, 0.15) is 61.5 Å². The summed E-state index contributed by atoms with van der Waals surface area (Å²) in [5.74, 6) is -1.75. The van der Waals surface area contributed by atoms with Crippen molar-refractivity contribution in [2.45, 2.75) is 51.0 Å². The van der Waals surface area contributed by atoms with Gasteiger partial charge < -0.3 is 5.32 Å². The molecule has 1 atom stereocenters. The minimum atomic E-state index is -2.70. The van der Waals surface area contributed by atoms with Gasteiger partial charge in [0.05, 0.1) is 11.5 Å². The van der Waals surface area contributed by atoms with Crippen LogP contribution in [0.15, 0.2) is 24.5 Å². The van der Waals surface area contributed by atoms with Crippen molar-refractivity contribution in [3.05, 3.63) is 57.1 Å². The number of nitrogens with zero attached hydrogens (tertiary/aromatic N) is 2. The molecule has 0 saturated carbocycles. The number of aromatic nitrogens is 2. The average molecular weight is 485 g/mol. The Morgan fingerprint density at radius 2 is 1.81 bits per heavy atom. The number of alkyl halides is 2. The van der Waals surface area contributed by atoms with Crippen molar-refractivity contribution in [1.82, 2.24) is 20.6 Å². The zero-order valence-electron chi connectivity index (χ0n) is 17.2. The molecular formula is C21H20Cl2F2N4O3. The molecule has 7 nitrogen and oxygen atoms in total. The Morgan fingerprint density at radius 3 is 2.34 bits per heavy atom. The van der Waals surface area contributed by atoms with E-state index in [2.05, 4.69) is 20.6 Å². The zero-order valence-corrected chi connectivity index (χ0v) is 18.7. The highest BCUT2D eigenvalue weighted by Crippen LogP contribution is 2.37. The molecule has 1 aromatic carbocycles. The number of nitrogens with one attached hydrogen (secondary N) is 2. The van der Waals surface area contributed by atoms with E-state index >= 15 is 0 Å². The largest absolute Gasteiger partial charge is 0.351 e. The second kappa shape index (κ2) is 9.46. The molecule has 11 heteroatoms. The molecule has 32 heavy (non-hydrogen) atoms. The first kappa shape index (κ1) is 24.0. The monoisotopic (exact) mass is 484 g/mol. The van der Waals surface area contributed by atoms with Crippen LogP contribution < -0.4 is 10.6 Å². The molecule has 1 saturated heterocycles. The fourth-order valence-electron chi connectivity index (χ4n) is 3.32. The predicted molar refractivity (Wildman–Crippen MR) is 113 cm³/mol. The second-order valence-corrected chi connectivity index (χ2v) is 8.74. The van der Waals surface area contributed by atoms with E-state index in [4.69, 9.17) is 23.2 Å². The van der Waals surface area contributed by atoms with E-state index in [1.807, 2.05) is 0 Å². The first-order valence-electron chi connectivity index (χ1n) is 9.71. The minimum Gasteiger partial charge on any atom is -0.351 e. The lowest BCUT2D eigenvalue weighted by Gasteiger charge is -2.24. The number of benzene rings is 1. The number of carbonyl (C=O) groups is 3. The molecule has 2 heterocycles. The number of halogens is 4. The lowest BCUT2D eigenvalue weighted by molar-refractivity contribution is -0.134. The van der Waals surface area contributed by atoms with Gasteiger partial charge >= 0.3 is 0 Å². The molecular weight excluding hydrogens is 465 g/mol. The molecule has 1 aliphatic heterocycles. The third-order valence-electron chi connectivity index (χ3n) is 5.23. The van der Waals surface area contributed by atoms with Gasteiger partial charge in [0.15, 0.2) is 0 Å². The molecule has 0 bridgehead atoms. The first-order valence-corrected chi connectivity index (χ1v) is 10.5. The molecule has 2 aromatic rings. The van der Waals surface area contributed by atoms with E-state index in [0.29, 0.717) is 17.5 Å². The van der Waals surface area contributed by atoms with Crippen LogP contribution in [0, 0.1) is 0 Å². The quantitative estimate of drug-likeness (QED) is 0.606. The van der Waals surface area contributed by atoms with Gasteiger partial charge in [-0.05, 0) is 38.0 Å². The van der Waals surface area contributed by atoms with Gasteiger partial charge in [-0.1, -0.05) is 23.2 Å². The molecule has 1 unspecified atom stereocenters. The zero-order chi connectivity index (χ0) is 23.6. The molecule has 1 fully saturated rings. The van der Waals surface area contributed by atoms with Crippen LogP contribution in [0.25, 0.3) is 0 Å². The normalized spacial score (nSPS) is 16.8. The number of hydrogen-bond acceptors (Lipinski definition) is 5. The van der Waals surface area contributed by atoms with Crippen molar-refractivity contribution >= 4 is 40.9 Å². The maximum atomic E-state index is 12.7. The topological polar surface area (TPSA) is 101 Å². The standard InChI is InChI=1S/C21H20Cl2F2N4O3/c1-21(2,19-26-8-11(9-27-19)17(24)25)20(32)28-7-10-5-13(22)16(14(23)6-10)12-3-4-15(30)29-18(12)31/h5-6,8-9,12,17H,3-4,7H2,1-2H3,(H,28,32)(H,29,30,31). The number of amides is 3. The van der Waals surface area contributed by atoms with Gasteiger partial charge in [-0.2, -0.15) is 0 Å². The fraction of sp³-hybridized carbons (Fsp3) is 0.381. The van der Waals surface area contributed by atoms with Crippen molar-refractivity contribution in [1.29, 1.82) is 0 Å². The van der Waals surface area contributed by atoms with Crippen molar-refractivity contribution in [2.24, 2.45) is 0 Å². The molecule has 2 N–H and O–H groups in total. The summed E-state index contributed by atoms with van der Waals surface area (Å²) in [6, 6.07) is 3.18. The summed E-state index contributed by atoms with van der Waals surface area (Å²) in [6.07, 6.45) is -0.210. The molecule has 0 spiro atoms. The SMILES string of the molecule is CC(C)(C(=O)NCc1cc(Cl)c(C2CCC(=O)NC2=O)c(Cl)c1)c1ncc(C(F)F)cn1. The number of carbonyl (C=O) groups excluding carboxylic acids is 3. The highest BCUT2D eigenvalue weighted by Gasteiger charge is 2.34. The van der Waals surface area contributed by atoms with Crippen LogP contribution in [0.4, 0.5) is 8.78 Å². The van der Waals surface area contributed by atoms with Crippen LogP contribution in [0.2, 0.25) is 10.0 Å². The minimum absolute atomic E-state index is 0.0758. The molecule has 3 amide bonds. The maximum absolute atomic E-state index is 12.7. The van der Waals surface area contributed by atoms with Gasteiger partial charge in [0, 0.05) is 41.0 Å². The summed E-state index contributed by atoms with van der Waals surface area (Å²) in [4.78, 5) is 44.0. The number of piperidine rings is 1. The van der Waals surface area contributed by atoms with Gasteiger partial charge in [0.25, 0.3) is 6.43 Å². The number of imide groups is 1. The highest BCUT2D eigenvalue weighted by molar-refractivity contribution is 6.36. The summed E-state index contributed by atoms with van der Waals surface area (Å²) >= 11 is 12.7. The molecule has 0 aliphatic carbocycles. The van der Waals surface area contributed by atoms with Gasteiger partial charge in [-0.25, -0.2) is 18.7 Å². The molecule has 170 valence electrons.